The van der Waals surface area contributed by atoms with Crippen LogP contribution in [0.5, 0.6) is 0 Å². The molecule has 1 saturated heterocycles. The maximum atomic E-state index is 12.9. The van der Waals surface area contributed by atoms with Gasteiger partial charge in [-0.15, -0.1) is 0 Å². The van der Waals surface area contributed by atoms with Gasteiger partial charge in [-0.25, -0.2) is 18.1 Å². The predicted molar refractivity (Wildman–Crippen MR) is 108 cm³/mol. The molecule has 1 fully saturated rings. The molecule has 0 bridgehead atoms. The molecule has 0 saturated carbocycles. The number of nitrogens with zero attached hydrogens (tertiary/aromatic N) is 5. The van der Waals surface area contributed by atoms with Gasteiger partial charge in [-0.3, -0.25) is 9.48 Å². The molecule has 1 N–H and O–H groups in total. The lowest BCUT2D eigenvalue weighted by Gasteiger charge is -2.11. The van der Waals surface area contributed by atoms with E-state index in [0.717, 1.165) is 5.69 Å². The normalized spacial score (nSPS) is 18.1. The van der Waals surface area contributed by atoms with Crippen LogP contribution in [-0.2, 0) is 9.84 Å². The first-order valence-corrected chi connectivity index (χ1v) is 11.1. The van der Waals surface area contributed by atoms with Crippen molar-refractivity contribution < 1.29 is 13.2 Å². The molecule has 152 valence electrons. The van der Waals surface area contributed by atoms with E-state index in [9.17, 15) is 13.2 Å². The number of aromatic nitrogens is 5. The molecule has 4 rings (SSSR count). The Bertz CT molecular complexity index is 1180. The summed E-state index contributed by atoms with van der Waals surface area (Å²) >= 11 is 0. The Labute approximate surface area is 168 Å². The van der Waals surface area contributed by atoms with E-state index in [2.05, 4.69) is 20.5 Å². The van der Waals surface area contributed by atoms with Gasteiger partial charge in [-0.1, -0.05) is 6.07 Å². The number of anilines is 1. The number of amides is 1. The van der Waals surface area contributed by atoms with Crippen molar-refractivity contribution in [3.8, 4) is 5.82 Å². The molecule has 9 nitrogen and oxygen atoms in total. The number of rotatable bonds is 4. The highest BCUT2D eigenvalue weighted by atomic mass is 32.2. The Hall–Kier alpha value is -3.01. The van der Waals surface area contributed by atoms with E-state index in [0.29, 0.717) is 34.9 Å². The second-order valence-corrected chi connectivity index (χ2v) is 9.47. The summed E-state index contributed by atoms with van der Waals surface area (Å²) in [4.78, 5) is 17.2. The minimum atomic E-state index is -3.02. The average molecular weight is 414 g/mol. The van der Waals surface area contributed by atoms with Crippen LogP contribution in [0.15, 0.2) is 30.6 Å². The molecule has 10 heteroatoms. The highest BCUT2D eigenvalue weighted by Crippen LogP contribution is 2.29. The predicted octanol–water partition coefficient (Wildman–Crippen LogP) is 2.00. The number of sulfone groups is 1. The Morgan fingerprint density at radius 3 is 2.66 bits per heavy atom. The Morgan fingerprint density at radius 2 is 2.00 bits per heavy atom. The van der Waals surface area contributed by atoms with E-state index in [1.807, 2.05) is 32.0 Å². The van der Waals surface area contributed by atoms with Crippen molar-refractivity contribution in [2.45, 2.75) is 33.2 Å². The number of aryl methyl sites for hydroxylation is 1. The van der Waals surface area contributed by atoms with Crippen molar-refractivity contribution in [3.63, 3.8) is 0 Å². The van der Waals surface area contributed by atoms with Crippen LogP contribution in [0.4, 0.5) is 5.69 Å². The fraction of sp³-hybridized carbons (Fsp3) is 0.368. The third-order valence-electron chi connectivity index (χ3n) is 5.24. The van der Waals surface area contributed by atoms with Gasteiger partial charge in [0.25, 0.3) is 5.91 Å². The number of carbonyl (C=O) groups is 1. The Kier molecular flexibility index (Phi) is 4.73. The van der Waals surface area contributed by atoms with Crippen LogP contribution in [0.2, 0.25) is 0 Å². The molecule has 1 amide bonds. The van der Waals surface area contributed by atoms with E-state index in [1.165, 1.54) is 6.20 Å². The fourth-order valence-corrected chi connectivity index (χ4v) is 5.38. The minimum absolute atomic E-state index is 0.0816. The summed E-state index contributed by atoms with van der Waals surface area (Å²) in [5, 5.41) is 11.7. The van der Waals surface area contributed by atoms with Gasteiger partial charge >= 0.3 is 0 Å². The fourth-order valence-electron chi connectivity index (χ4n) is 3.69. The van der Waals surface area contributed by atoms with Crippen LogP contribution in [0, 0.1) is 20.8 Å². The highest BCUT2D eigenvalue weighted by Gasteiger charge is 2.32. The highest BCUT2D eigenvalue weighted by molar-refractivity contribution is 7.91. The zero-order chi connectivity index (χ0) is 20.8. The molecule has 1 aliphatic heterocycles. The number of hydrogen-bond donors (Lipinski definition) is 1. The van der Waals surface area contributed by atoms with E-state index in [4.69, 9.17) is 0 Å². The molecule has 29 heavy (non-hydrogen) atoms. The van der Waals surface area contributed by atoms with Gasteiger partial charge < -0.3 is 5.32 Å². The summed E-state index contributed by atoms with van der Waals surface area (Å²) in [6.07, 6.45) is 3.71. The third kappa shape index (κ3) is 3.55. The molecule has 1 atom stereocenters. The van der Waals surface area contributed by atoms with Crippen LogP contribution in [0.3, 0.4) is 0 Å². The van der Waals surface area contributed by atoms with Gasteiger partial charge in [0.05, 0.1) is 52.1 Å². The third-order valence-corrected chi connectivity index (χ3v) is 6.99. The summed E-state index contributed by atoms with van der Waals surface area (Å²) in [6.45, 7) is 5.45. The summed E-state index contributed by atoms with van der Waals surface area (Å²) in [5.41, 5.74) is 3.10. The minimum Gasteiger partial charge on any atom is -0.319 e. The molecule has 0 aliphatic carbocycles. The van der Waals surface area contributed by atoms with E-state index < -0.39 is 9.84 Å². The van der Waals surface area contributed by atoms with Crippen LogP contribution < -0.4 is 5.32 Å². The molecule has 3 aromatic heterocycles. The lowest BCUT2D eigenvalue weighted by atomic mass is 10.2. The quantitative estimate of drug-likeness (QED) is 0.699. The molecule has 4 heterocycles. The molecular formula is C19H22N6O3S. The summed E-state index contributed by atoms with van der Waals surface area (Å²) in [5.74, 6) is 0.586. The molecule has 1 aliphatic rings. The van der Waals surface area contributed by atoms with Crippen molar-refractivity contribution in [3.05, 3.63) is 53.2 Å². The second kappa shape index (κ2) is 7.11. The molecule has 3 aromatic rings. The molecule has 1 unspecified atom stereocenters. The first-order chi connectivity index (χ1) is 13.8. The first kappa shape index (κ1) is 19.3. The van der Waals surface area contributed by atoms with E-state index in [1.54, 1.807) is 22.5 Å². The van der Waals surface area contributed by atoms with Gasteiger partial charge in [-0.05, 0) is 39.3 Å². The second-order valence-electron chi connectivity index (χ2n) is 7.24. The van der Waals surface area contributed by atoms with Gasteiger partial charge in [0, 0.05) is 6.20 Å². The molecule has 0 radical (unpaired) electrons. The number of carbonyl (C=O) groups excluding carboxylic acids is 1. The standard InChI is InChI=1S/C19H22N6O3S/c1-12-18(14(3)24(23-12)15-7-9-29(27,28)11-15)22-19(26)16-10-21-25(13(16)2)17-6-4-5-8-20-17/h4-6,8,10,15H,7,9,11H2,1-3H3,(H,22,26). The van der Waals surface area contributed by atoms with Crippen LogP contribution in [-0.4, -0.2) is 50.4 Å². The molecule has 0 spiro atoms. The van der Waals surface area contributed by atoms with E-state index >= 15 is 0 Å². The maximum Gasteiger partial charge on any atom is 0.259 e. The average Bonchev–Trinajstić information content (AvgIpc) is 3.33. The van der Waals surface area contributed by atoms with Gasteiger partial charge in [0.15, 0.2) is 15.7 Å². The SMILES string of the molecule is Cc1nn(C2CCS(=O)(=O)C2)c(C)c1NC(=O)c1cnn(-c2ccccn2)c1C. The van der Waals surface area contributed by atoms with Gasteiger partial charge in [0.1, 0.15) is 0 Å². The van der Waals surface area contributed by atoms with Gasteiger partial charge in [0.2, 0.25) is 0 Å². The number of nitrogens with one attached hydrogen (secondary N) is 1. The lowest BCUT2D eigenvalue weighted by molar-refractivity contribution is 0.102. The smallest absolute Gasteiger partial charge is 0.259 e. The number of hydrogen-bond acceptors (Lipinski definition) is 6. The number of pyridine rings is 1. The zero-order valence-corrected chi connectivity index (χ0v) is 17.3. The summed E-state index contributed by atoms with van der Waals surface area (Å²) in [6, 6.07) is 5.29. The summed E-state index contributed by atoms with van der Waals surface area (Å²) in [7, 11) is -3.02. The van der Waals surface area contributed by atoms with Crippen molar-refractivity contribution in [1.29, 1.82) is 0 Å². The van der Waals surface area contributed by atoms with Gasteiger partial charge in [-0.2, -0.15) is 10.2 Å². The Morgan fingerprint density at radius 1 is 1.21 bits per heavy atom. The van der Waals surface area contributed by atoms with Crippen molar-refractivity contribution >= 4 is 21.4 Å². The van der Waals surface area contributed by atoms with Crippen LogP contribution in [0.1, 0.15) is 39.9 Å². The molecule has 0 aromatic carbocycles. The summed E-state index contributed by atoms with van der Waals surface area (Å²) < 4.78 is 27.0. The zero-order valence-electron chi connectivity index (χ0n) is 16.5. The monoisotopic (exact) mass is 414 g/mol. The topological polar surface area (TPSA) is 112 Å². The van der Waals surface area contributed by atoms with Crippen LogP contribution in [0.25, 0.3) is 5.82 Å². The van der Waals surface area contributed by atoms with Crippen molar-refractivity contribution in [2.24, 2.45) is 0 Å². The van der Waals surface area contributed by atoms with Crippen LogP contribution >= 0.6 is 0 Å². The first-order valence-electron chi connectivity index (χ1n) is 9.30. The van der Waals surface area contributed by atoms with Crippen molar-refractivity contribution in [2.75, 3.05) is 16.8 Å². The maximum absolute atomic E-state index is 12.9. The van der Waals surface area contributed by atoms with E-state index in [-0.39, 0.29) is 23.5 Å². The molecular weight excluding hydrogens is 392 g/mol. The largest absolute Gasteiger partial charge is 0.319 e. The Balaban J connectivity index is 1.59. The lowest BCUT2D eigenvalue weighted by Crippen LogP contribution is -2.16. The van der Waals surface area contributed by atoms with Crippen molar-refractivity contribution in [1.82, 2.24) is 24.5 Å².